The summed E-state index contributed by atoms with van der Waals surface area (Å²) in [6.07, 6.45) is 1.62. The Bertz CT molecular complexity index is 1050. The molecule has 0 spiro atoms. The minimum absolute atomic E-state index is 0.0140. The van der Waals surface area contributed by atoms with Gasteiger partial charge in [-0.1, -0.05) is 6.07 Å². The van der Waals surface area contributed by atoms with Gasteiger partial charge in [0.2, 0.25) is 5.91 Å². The molecule has 0 saturated carbocycles. The number of carbonyl (C=O) groups excluding carboxylic acids is 2. The Morgan fingerprint density at radius 3 is 2.60 bits per heavy atom. The van der Waals surface area contributed by atoms with Crippen molar-refractivity contribution in [3.63, 3.8) is 0 Å². The Balaban J connectivity index is 1.29. The fourth-order valence-corrected chi connectivity index (χ4v) is 3.87. The SMILES string of the molecule is COC(=O)c1ccc(NC(=O)C2CCN(Cc3nc4ccc(C)cc4[nH]3)CC2)cc1. The maximum Gasteiger partial charge on any atom is 0.337 e. The highest BCUT2D eigenvalue weighted by Crippen LogP contribution is 2.22. The summed E-state index contributed by atoms with van der Waals surface area (Å²) in [5.74, 6) is 0.587. The number of methoxy groups -OCH3 is 1. The molecule has 0 radical (unpaired) electrons. The second kappa shape index (κ2) is 8.67. The van der Waals surface area contributed by atoms with Crippen molar-refractivity contribution in [2.24, 2.45) is 5.92 Å². The van der Waals surface area contributed by atoms with Gasteiger partial charge >= 0.3 is 5.97 Å². The van der Waals surface area contributed by atoms with Crippen LogP contribution < -0.4 is 5.32 Å². The maximum absolute atomic E-state index is 12.6. The fraction of sp³-hybridized carbons (Fsp3) is 0.348. The molecule has 7 nitrogen and oxygen atoms in total. The zero-order valence-corrected chi connectivity index (χ0v) is 17.3. The second-order valence-electron chi connectivity index (χ2n) is 7.81. The van der Waals surface area contributed by atoms with Crippen LogP contribution in [0.15, 0.2) is 42.5 Å². The molecule has 156 valence electrons. The quantitative estimate of drug-likeness (QED) is 0.633. The number of hydrogen-bond acceptors (Lipinski definition) is 5. The number of aryl methyl sites for hydroxylation is 1. The number of anilines is 1. The summed E-state index contributed by atoms with van der Waals surface area (Å²) in [6.45, 7) is 4.55. The third-order valence-corrected chi connectivity index (χ3v) is 5.59. The van der Waals surface area contributed by atoms with Crippen LogP contribution in [0.25, 0.3) is 11.0 Å². The van der Waals surface area contributed by atoms with Crippen molar-refractivity contribution in [1.29, 1.82) is 0 Å². The number of fused-ring (bicyclic) bond motifs is 1. The lowest BCUT2D eigenvalue weighted by Crippen LogP contribution is -2.38. The first kappa shape index (κ1) is 20.1. The normalized spacial score (nSPS) is 15.3. The first-order valence-corrected chi connectivity index (χ1v) is 10.2. The van der Waals surface area contributed by atoms with Crippen molar-refractivity contribution >= 4 is 28.6 Å². The number of imidazole rings is 1. The molecule has 0 aliphatic carbocycles. The van der Waals surface area contributed by atoms with Gasteiger partial charge in [-0.05, 0) is 74.8 Å². The Morgan fingerprint density at radius 1 is 1.17 bits per heavy atom. The standard InChI is InChI=1S/C23H26N4O3/c1-15-3-8-19-20(13-15)26-21(25-19)14-27-11-9-16(10-12-27)22(28)24-18-6-4-17(5-7-18)23(29)30-2/h3-8,13,16H,9-12,14H2,1-2H3,(H,24,28)(H,25,26). The molecular formula is C23H26N4O3. The molecule has 1 amide bonds. The Kier molecular flexibility index (Phi) is 5.81. The number of rotatable bonds is 5. The number of carbonyl (C=O) groups is 2. The third kappa shape index (κ3) is 4.52. The van der Waals surface area contributed by atoms with Gasteiger partial charge in [-0.15, -0.1) is 0 Å². The van der Waals surface area contributed by atoms with Gasteiger partial charge in [0.1, 0.15) is 5.82 Å². The lowest BCUT2D eigenvalue weighted by molar-refractivity contribution is -0.121. The van der Waals surface area contributed by atoms with Crippen LogP contribution in [0.2, 0.25) is 0 Å². The minimum Gasteiger partial charge on any atom is -0.465 e. The maximum atomic E-state index is 12.6. The molecule has 7 heteroatoms. The molecule has 3 aromatic rings. The zero-order valence-electron chi connectivity index (χ0n) is 17.3. The van der Waals surface area contributed by atoms with Crippen LogP contribution in [0, 0.1) is 12.8 Å². The van der Waals surface area contributed by atoms with Crippen LogP contribution in [0.4, 0.5) is 5.69 Å². The molecule has 1 fully saturated rings. The van der Waals surface area contributed by atoms with E-state index in [1.807, 2.05) is 6.07 Å². The number of aromatic nitrogens is 2. The van der Waals surface area contributed by atoms with Crippen LogP contribution in [-0.4, -0.2) is 46.9 Å². The van der Waals surface area contributed by atoms with Crippen molar-refractivity contribution in [1.82, 2.24) is 14.9 Å². The van der Waals surface area contributed by atoms with Crippen LogP contribution in [0.5, 0.6) is 0 Å². The van der Waals surface area contributed by atoms with E-state index in [2.05, 4.69) is 44.0 Å². The van der Waals surface area contributed by atoms with Gasteiger partial charge in [-0.2, -0.15) is 0 Å². The van der Waals surface area contributed by atoms with E-state index in [-0.39, 0.29) is 17.8 Å². The van der Waals surface area contributed by atoms with E-state index >= 15 is 0 Å². The number of amides is 1. The molecule has 2 N–H and O–H groups in total. The van der Waals surface area contributed by atoms with E-state index in [0.717, 1.165) is 49.3 Å². The number of benzene rings is 2. The molecule has 30 heavy (non-hydrogen) atoms. The number of hydrogen-bond donors (Lipinski definition) is 2. The number of piperidine rings is 1. The third-order valence-electron chi connectivity index (χ3n) is 5.59. The average molecular weight is 406 g/mol. The van der Waals surface area contributed by atoms with E-state index in [1.54, 1.807) is 24.3 Å². The topological polar surface area (TPSA) is 87.3 Å². The molecule has 1 saturated heterocycles. The Hall–Kier alpha value is -3.19. The summed E-state index contributed by atoms with van der Waals surface area (Å²) >= 11 is 0. The van der Waals surface area contributed by atoms with Gasteiger partial charge < -0.3 is 15.0 Å². The van der Waals surface area contributed by atoms with Crippen molar-refractivity contribution in [2.75, 3.05) is 25.5 Å². The lowest BCUT2D eigenvalue weighted by Gasteiger charge is -2.30. The molecule has 2 heterocycles. The molecule has 0 bridgehead atoms. The van der Waals surface area contributed by atoms with Crippen molar-refractivity contribution in [3.8, 4) is 0 Å². The van der Waals surface area contributed by atoms with Crippen molar-refractivity contribution < 1.29 is 14.3 Å². The molecule has 0 unspecified atom stereocenters. The van der Waals surface area contributed by atoms with Crippen molar-refractivity contribution in [3.05, 3.63) is 59.4 Å². The lowest BCUT2D eigenvalue weighted by atomic mass is 9.95. The van der Waals surface area contributed by atoms with Crippen LogP contribution >= 0.6 is 0 Å². The minimum atomic E-state index is -0.389. The van der Waals surface area contributed by atoms with Crippen molar-refractivity contribution in [2.45, 2.75) is 26.3 Å². The Morgan fingerprint density at radius 2 is 1.90 bits per heavy atom. The van der Waals surface area contributed by atoms with E-state index in [4.69, 9.17) is 0 Å². The monoisotopic (exact) mass is 406 g/mol. The van der Waals surface area contributed by atoms with E-state index in [1.165, 1.54) is 12.7 Å². The summed E-state index contributed by atoms with van der Waals surface area (Å²) in [7, 11) is 1.35. The summed E-state index contributed by atoms with van der Waals surface area (Å²) in [5.41, 5.74) is 4.42. The number of nitrogens with zero attached hydrogens (tertiary/aromatic N) is 2. The molecule has 1 aliphatic rings. The molecule has 2 aromatic carbocycles. The fourth-order valence-electron chi connectivity index (χ4n) is 3.87. The van der Waals surface area contributed by atoms with Gasteiger partial charge in [0, 0.05) is 11.6 Å². The van der Waals surface area contributed by atoms with Gasteiger partial charge in [0.05, 0.1) is 30.3 Å². The first-order valence-electron chi connectivity index (χ1n) is 10.2. The number of likely N-dealkylation sites (tertiary alicyclic amines) is 1. The largest absolute Gasteiger partial charge is 0.465 e. The van der Waals surface area contributed by atoms with E-state index < -0.39 is 0 Å². The first-order chi connectivity index (χ1) is 14.5. The number of nitrogens with one attached hydrogen (secondary N) is 2. The smallest absolute Gasteiger partial charge is 0.337 e. The zero-order chi connectivity index (χ0) is 21.1. The van der Waals surface area contributed by atoms with Crippen LogP contribution in [0.3, 0.4) is 0 Å². The van der Waals surface area contributed by atoms with Gasteiger partial charge in [0.25, 0.3) is 0 Å². The number of esters is 1. The Labute approximate surface area is 175 Å². The van der Waals surface area contributed by atoms with Gasteiger partial charge in [-0.25, -0.2) is 9.78 Å². The summed E-state index contributed by atoms with van der Waals surface area (Å²) in [4.78, 5) is 34.5. The van der Waals surface area contributed by atoms with Gasteiger partial charge in [-0.3, -0.25) is 9.69 Å². The molecule has 1 aromatic heterocycles. The van der Waals surface area contributed by atoms with E-state index in [0.29, 0.717) is 11.3 Å². The number of aromatic amines is 1. The second-order valence-corrected chi connectivity index (χ2v) is 7.81. The van der Waals surface area contributed by atoms with E-state index in [9.17, 15) is 9.59 Å². The molecule has 0 atom stereocenters. The highest BCUT2D eigenvalue weighted by Gasteiger charge is 2.25. The molecule has 1 aliphatic heterocycles. The highest BCUT2D eigenvalue weighted by atomic mass is 16.5. The molecular weight excluding hydrogens is 380 g/mol. The number of ether oxygens (including phenoxy) is 1. The highest BCUT2D eigenvalue weighted by molar-refractivity contribution is 5.94. The predicted molar refractivity (Wildman–Crippen MR) is 115 cm³/mol. The molecule has 4 rings (SSSR count). The van der Waals surface area contributed by atoms with Crippen LogP contribution in [0.1, 0.15) is 34.6 Å². The predicted octanol–water partition coefficient (Wildman–Crippen LogP) is 3.51. The summed E-state index contributed by atoms with van der Waals surface area (Å²) in [5, 5.41) is 2.96. The van der Waals surface area contributed by atoms with Crippen LogP contribution in [-0.2, 0) is 16.1 Å². The van der Waals surface area contributed by atoms with Gasteiger partial charge in [0.15, 0.2) is 0 Å². The average Bonchev–Trinajstić information content (AvgIpc) is 3.15. The summed E-state index contributed by atoms with van der Waals surface area (Å²) < 4.78 is 4.69. The number of H-pyrrole nitrogens is 1. The summed E-state index contributed by atoms with van der Waals surface area (Å²) in [6, 6.07) is 13.0.